The van der Waals surface area contributed by atoms with Crippen molar-refractivity contribution in [1.82, 2.24) is 15.1 Å². The SMILES string of the molecule is CCOc1cc2c(cc1CNC(=O)c1c(C)nn(-c3ccccc3)c1C)O[C@H](C)C2. The zero-order valence-electron chi connectivity index (χ0n) is 17.9. The molecule has 0 bridgehead atoms. The minimum Gasteiger partial charge on any atom is -0.494 e. The third-order valence-corrected chi connectivity index (χ3v) is 5.34. The number of para-hydroxylation sites is 1. The highest BCUT2D eigenvalue weighted by Crippen LogP contribution is 2.35. The van der Waals surface area contributed by atoms with E-state index in [1.165, 1.54) is 0 Å². The number of amides is 1. The number of carbonyl (C=O) groups is 1. The van der Waals surface area contributed by atoms with Crippen molar-refractivity contribution < 1.29 is 14.3 Å². The summed E-state index contributed by atoms with van der Waals surface area (Å²) in [6.07, 6.45) is 1.03. The first-order chi connectivity index (χ1) is 14.5. The van der Waals surface area contributed by atoms with Crippen molar-refractivity contribution in [1.29, 1.82) is 0 Å². The number of aromatic nitrogens is 2. The lowest BCUT2D eigenvalue weighted by Crippen LogP contribution is -2.24. The van der Waals surface area contributed by atoms with Crippen LogP contribution in [0.15, 0.2) is 42.5 Å². The molecule has 0 fully saturated rings. The molecule has 0 spiro atoms. The van der Waals surface area contributed by atoms with Gasteiger partial charge in [0.15, 0.2) is 0 Å². The zero-order valence-corrected chi connectivity index (χ0v) is 17.9. The Morgan fingerprint density at radius 2 is 2.03 bits per heavy atom. The lowest BCUT2D eigenvalue weighted by molar-refractivity contribution is 0.0949. The van der Waals surface area contributed by atoms with Gasteiger partial charge in [-0.1, -0.05) is 18.2 Å². The number of ether oxygens (including phenoxy) is 2. The fourth-order valence-electron chi connectivity index (χ4n) is 3.97. The van der Waals surface area contributed by atoms with Gasteiger partial charge in [0.1, 0.15) is 17.6 Å². The van der Waals surface area contributed by atoms with Crippen molar-refractivity contribution in [3.8, 4) is 17.2 Å². The molecule has 1 atom stereocenters. The smallest absolute Gasteiger partial charge is 0.255 e. The Bertz CT molecular complexity index is 1070. The van der Waals surface area contributed by atoms with Crippen molar-refractivity contribution in [2.24, 2.45) is 0 Å². The molecule has 1 aliphatic heterocycles. The van der Waals surface area contributed by atoms with Gasteiger partial charge in [-0.2, -0.15) is 5.10 Å². The maximum absolute atomic E-state index is 13.0. The molecule has 0 unspecified atom stereocenters. The highest BCUT2D eigenvalue weighted by molar-refractivity contribution is 5.96. The number of aryl methyl sites for hydroxylation is 1. The first-order valence-electron chi connectivity index (χ1n) is 10.3. The van der Waals surface area contributed by atoms with Crippen LogP contribution in [0.25, 0.3) is 5.69 Å². The van der Waals surface area contributed by atoms with E-state index in [2.05, 4.69) is 17.3 Å². The van der Waals surface area contributed by atoms with Crippen LogP contribution >= 0.6 is 0 Å². The van der Waals surface area contributed by atoms with E-state index >= 15 is 0 Å². The molecule has 1 N–H and O–H groups in total. The largest absolute Gasteiger partial charge is 0.494 e. The first kappa shape index (κ1) is 20.0. The van der Waals surface area contributed by atoms with Crippen LogP contribution in [0.1, 0.15) is 46.7 Å². The van der Waals surface area contributed by atoms with Gasteiger partial charge in [0, 0.05) is 24.1 Å². The number of hydrogen-bond acceptors (Lipinski definition) is 4. The van der Waals surface area contributed by atoms with E-state index in [0.717, 1.165) is 40.4 Å². The summed E-state index contributed by atoms with van der Waals surface area (Å²) in [5.74, 6) is 1.52. The van der Waals surface area contributed by atoms with Crippen LogP contribution in [-0.2, 0) is 13.0 Å². The van der Waals surface area contributed by atoms with Crippen molar-refractivity contribution in [3.63, 3.8) is 0 Å². The molecule has 4 rings (SSSR count). The fraction of sp³-hybridized carbons (Fsp3) is 0.333. The second kappa shape index (κ2) is 8.22. The summed E-state index contributed by atoms with van der Waals surface area (Å²) in [7, 11) is 0. The predicted molar refractivity (Wildman–Crippen MR) is 116 cm³/mol. The zero-order chi connectivity index (χ0) is 21.3. The van der Waals surface area contributed by atoms with Crippen LogP contribution < -0.4 is 14.8 Å². The molecular formula is C24H27N3O3. The molecule has 0 aliphatic carbocycles. The summed E-state index contributed by atoms with van der Waals surface area (Å²) in [4.78, 5) is 13.0. The van der Waals surface area contributed by atoms with Crippen LogP contribution in [0.5, 0.6) is 11.5 Å². The van der Waals surface area contributed by atoms with Gasteiger partial charge in [0.05, 0.1) is 29.2 Å². The predicted octanol–water partition coefficient (Wildman–Crippen LogP) is 4.14. The number of fused-ring (bicyclic) bond motifs is 1. The van der Waals surface area contributed by atoms with Crippen molar-refractivity contribution in [2.75, 3.05) is 6.61 Å². The molecule has 2 aromatic carbocycles. The standard InChI is InChI=1S/C24H27N3O3/c1-5-29-21-12-18-11-15(2)30-22(18)13-19(21)14-25-24(28)23-16(3)26-27(17(23)4)20-9-7-6-8-10-20/h6-10,12-13,15H,5,11,14H2,1-4H3,(H,25,28)/t15-/m1/s1. The molecule has 1 aromatic heterocycles. The second-order valence-corrected chi connectivity index (χ2v) is 7.61. The molecule has 1 aliphatic rings. The van der Waals surface area contributed by atoms with Gasteiger partial charge in [-0.25, -0.2) is 4.68 Å². The molecule has 0 radical (unpaired) electrons. The Morgan fingerprint density at radius 1 is 1.27 bits per heavy atom. The fourth-order valence-corrected chi connectivity index (χ4v) is 3.97. The number of nitrogens with one attached hydrogen (secondary N) is 1. The third kappa shape index (κ3) is 3.77. The summed E-state index contributed by atoms with van der Waals surface area (Å²) >= 11 is 0. The molecule has 3 aromatic rings. The van der Waals surface area contributed by atoms with Crippen LogP contribution in [0.4, 0.5) is 0 Å². The van der Waals surface area contributed by atoms with Crippen LogP contribution in [-0.4, -0.2) is 28.4 Å². The van der Waals surface area contributed by atoms with Crippen molar-refractivity contribution >= 4 is 5.91 Å². The van der Waals surface area contributed by atoms with Gasteiger partial charge >= 0.3 is 0 Å². The van der Waals surface area contributed by atoms with E-state index in [4.69, 9.17) is 9.47 Å². The summed E-state index contributed by atoms with van der Waals surface area (Å²) < 4.78 is 13.5. The molecule has 0 saturated heterocycles. The highest BCUT2D eigenvalue weighted by Gasteiger charge is 2.23. The number of benzene rings is 2. The van der Waals surface area contributed by atoms with Crippen LogP contribution in [0.3, 0.4) is 0 Å². The lowest BCUT2D eigenvalue weighted by Gasteiger charge is -2.13. The van der Waals surface area contributed by atoms with Gasteiger partial charge in [0.2, 0.25) is 0 Å². The minimum atomic E-state index is -0.149. The van der Waals surface area contributed by atoms with Crippen molar-refractivity contribution in [3.05, 3.63) is 70.5 Å². The average molecular weight is 405 g/mol. The normalized spacial score (nSPS) is 14.9. The molecule has 0 saturated carbocycles. The summed E-state index contributed by atoms with van der Waals surface area (Å²) in [5, 5.41) is 7.61. The van der Waals surface area contributed by atoms with Gasteiger partial charge in [-0.15, -0.1) is 0 Å². The Kier molecular flexibility index (Phi) is 5.48. The molecule has 156 valence electrons. The first-order valence-corrected chi connectivity index (χ1v) is 10.3. The maximum Gasteiger partial charge on any atom is 0.255 e. The topological polar surface area (TPSA) is 65.4 Å². The Hall–Kier alpha value is -3.28. The number of nitrogens with zero attached hydrogens (tertiary/aromatic N) is 2. The van der Waals surface area contributed by atoms with E-state index in [1.54, 1.807) is 4.68 Å². The highest BCUT2D eigenvalue weighted by atomic mass is 16.5. The molecule has 6 nitrogen and oxygen atoms in total. The van der Waals surface area contributed by atoms with E-state index in [1.807, 2.05) is 63.2 Å². The molecule has 2 heterocycles. The van der Waals surface area contributed by atoms with Gasteiger partial charge in [-0.05, 0) is 52.0 Å². The molecule has 6 heteroatoms. The Morgan fingerprint density at radius 3 is 2.77 bits per heavy atom. The van der Waals surface area contributed by atoms with Crippen LogP contribution in [0.2, 0.25) is 0 Å². The van der Waals surface area contributed by atoms with E-state index in [0.29, 0.717) is 24.4 Å². The molecule has 30 heavy (non-hydrogen) atoms. The summed E-state index contributed by atoms with van der Waals surface area (Å²) in [6.45, 7) is 8.71. The summed E-state index contributed by atoms with van der Waals surface area (Å²) in [6, 6.07) is 13.8. The number of carbonyl (C=O) groups excluding carboxylic acids is 1. The average Bonchev–Trinajstić information content (AvgIpc) is 3.24. The van der Waals surface area contributed by atoms with E-state index in [9.17, 15) is 4.79 Å². The van der Waals surface area contributed by atoms with E-state index in [-0.39, 0.29) is 12.0 Å². The lowest BCUT2D eigenvalue weighted by atomic mass is 10.1. The number of rotatable bonds is 6. The quantitative estimate of drug-likeness (QED) is 0.669. The summed E-state index contributed by atoms with van der Waals surface area (Å²) in [5.41, 5.74) is 5.10. The molecule has 1 amide bonds. The number of hydrogen-bond donors (Lipinski definition) is 1. The van der Waals surface area contributed by atoms with Crippen molar-refractivity contribution in [2.45, 2.75) is 46.8 Å². The maximum atomic E-state index is 13.0. The monoisotopic (exact) mass is 405 g/mol. The second-order valence-electron chi connectivity index (χ2n) is 7.61. The Balaban J connectivity index is 1.56. The molecular weight excluding hydrogens is 378 g/mol. The third-order valence-electron chi connectivity index (χ3n) is 5.34. The Labute approximate surface area is 176 Å². The van der Waals surface area contributed by atoms with Gasteiger partial charge < -0.3 is 14.8 Å². The van der Waals surface area contributed by atoms with Gasteiger partial charge in [-0.3, -0.25) is 4.79 Å². The van der Waals surface area contributed by atoms with E-state index < -0.39 is 0 Å². The van der Waals surface area contributed by atoms with Gasteiger partial charge in [0.25, 0.3) is 5.91 Å². The minimum absolute atomic E-state index is 0.149. The van der Waals surface area contributed by atoms with Crippen LogP contribution in [0, 0.1) is 13.8 Å².